The fourth-order valence-electron chi connectivity index (χ4n) is 2.44. The summed E-state index contributed by atoms with van der Waals surface area (Å²) in [5, 5.41) is 0. The van der Waals surface area contributed by atoms with Gasteiger partial charge in [-0.2, -0.15) is 0 Å². The van der Waals surface area contributed by atoms with Crippen molar-refractivity contribution in [3.8, 4) is 0 Å². The van der Waals surface area contributed by atoms with E-state index >= 15 is 0 Å². The van der Waals surface area contributed by atoms with Crippen LogP contribution in [0.3, 0.4) is 0 Å². The average molecular weight is 265 g/mol. The van der Waals surface area contributed by atoms with Gasteiger partial charge in [0.2, 0.25) is 0 Å². The molecule has 0 saturated heterocycles. The van der Waals surface area contributed by atoms with Crippen molar-refractivity contribution >= 4 is 11.8 Å². The number of hydrogen-bond donors (Lipinski definition) is 0. The van der Waals surface area contributed by atoms with Crippen LogP contribution in [0.2, 0.25) is 0 Å². The number of imide groups is 1. The van der Waals surface area contributed by atoms with E-state index in [1.165, 1.54) is 4.90 Å². The molecule has 0 fully saturated rings. The van der Waals surface area contributed by atoms with E-state index in [9.17, 15) is 9.59 Å². The Morgan fingerprint density at radius 1 is 0.737 bits per heavy atom. The highest BCUT2D eigenvalue weighted by Gasteiger charge is 2.37. The third kappa shape index (κ3) is 3.92. The van der Waals surface area contributed by atoms with Crippen molar-refractivity contribution in [1.29, 1.82) is 0 Å². The molecule has 3 nitrogen and oxygen atoms in total. The third-order valence-corrected chi connectivity index (χ3v) is 3.14. The van der Waals surface area contributed by atoms with Crippen LogP contribution in [0.15, 0.2) is 11.1 Å². The topological polar surface area (TPSA) is 37.4 Å². The highest BCUT2D eigenvalue weighted by molar-refractivity contribution is 6.19. The van der Waals surface area contributed by atoms with Crippen LogP contribution in [-0.4, -0.2) is 23.3 Å². The summed E-state index contributed by atoms with van der Waals surface area (Å²) < 4.78 is 0. The molecule has 3 heteroatoms. The zero-order valence-corrected chi connectivity index (χ0v) is 13.1. The second kappa shape index (κ2) is 6.36. The lowest BCUT2D eigenvalue weighted by Gasteiger charge is -2.17. The Morgan fingerprint density at radius 2 is 1.11 bits per heavy atom. The van der Waals surface area contributed by atoms with E-state index in [4.69, 9.17) is 0 Å². The van der Waals surface area contributed by atoms with Crippen LogP contribution in [0.1, 0.15) is 54.4 Å². The Hall–Kier alpha value is -1.12. The minimum absolute atomic E-state index is 0.0527. The van der Waals surface area contributed by atoms with Gasteiger partial charge in [-0.25, -0.2) is 0 Å². The molecule has 2 amide bonds. The summed E-state index contributed by atoms with van der Waals surface area (Å²) in [4.78, 5) is 26.3. The van der Waals surface area contributed by atoms with E-state index in [1.54, 1.807) is 0 Å². The number of hydrogen-bond acceptors (Lipinski definition) is 2. The third-order valence-electron chi connectivity index (χ3n) is 3.14. The number of rotatable bonds is 6. The zero-order valence-electron chi connectivity index (χ0n) is 13.1. The maximum atomic E-state index is 12.4. The van der Waals surface area contributed by atoms with Gasteiger partial charge in [-0.1, -0.05) is 41.5 Å². The molecule has 0 N–H and O–H groups in total. The molecule has 0 aromatic heterocycles. The molecule has 0 aliphatic carbocycles. The number of carbonyl (C=O) groups excluding carboxylic acids is 2. The van der Waals surface area contributed by atoms with Gasteiger partial charge in [-0.3, -0.25) is 14.5 Å². The van der Waals surface area contributed by atoms with Crippen LogP contribution < -0.4 is 0 Å². The molecule has 1 rings (SSSR count). The maximum Gasteiger partial charge on any atom is 0.257 e. The second-order valence-electron chi connectivity index (χ2n) is 6.77. The van der Waals surface area contributed by atoms with Crippen molar-refractivity contribution in [2.75, 3.05) is 6.54 Å². The Balaban J connectivity index is 3.04. The summed E-state index contributed by atoms with van der Waals surface area (Å²) >= 11 is 0. The van der Waals surface area contributed by atoms with Crippen LogP contribution in [-0.2, 0) is 9.59 Å². The number of nitrogens with zero attached hydrogens (tertiary/aromatic N) is 1. The highest BCUT2D eigenvalue weighted by Crippen LogP contribution is 2.30. The first-order chi connectivity index (χ1) is 8.73. The molecule has 0 aromatic rings. The van der Waals surface area contributed by atoms with Gasteiger partial charge in [0.05, 0.1) is 0 Å². The molecule has 0 radical (unpaired) electrons. The van der Waals surface area contributed by atoms with Gasteiger partial charge >= 0.3 is 0 Å². The lowest BCUT2D eigenvalue weighted by Crippen LogP contribution is -2.35. The molecule has 108 valence electrons. The molecule has 0 bridgehead atoms. The average Bonchev–Trinajstić information content (AvgIpc) is 2.44. The lowest BCUT2D eigenvalue weighted by atomic mass is 9.94. The Kier molecular flexibility index (Phi) is 5.33. The molecule has 0 unspecified atom stereocenters. The first-order valence-corrected chi connectivity index (χ1v) is 7.32. The van der Waals surface area contributed by atoms with Crippen molar-refractivity contribution < 1.29 is 9.59 Å². The van der Waals surface area contributed by atoms with Crippen molar-refractivity contribution in [1.82, 2.24) is 4.90 Å². The molecule has 0 spiro atoms. The van der Waals surface area contributed by atoms with Crippen molar-refractivity contribution in [2.24, 2.45) is 17.8 Å². The Bertz CT molecular complexity index is 360. The first-order valence-electron chi connectivity index (χ1n) is 7.32. The summed E-state index contributed by atoms with van der Waals surface area (Å²) in [5.41, 5.74) is 1.52. The van der Waals surface area contributed by atoms with Gasteiger partial charge in [0.15, 0.2) is 0 Å². The zero-order chi connectivity index (χ0) is 14.7. The van der Waals surface area contributed by atoms with Gasteiger partial charge < -0.3 is 0 Å². The van der Waals surface area contributed by atoms with E-state index < -0.39 is 0 Å². The van der Waals surface area contributed by atoms with Crippen molar-refractivity contribution in [3.63, 3.8) is 0 Å². The molecule has 0 atom stereocenters. The maximum absolute atomic E-state index is 12.4. The number of amides is 2. The predicted octanol–water partition coefficient (Wildman–Crippen LogP) is 3.40. The standard InChI is InChI=1S/C16H27NO2/c1-10(2)7-13-14(8-11(3)4)16(19)17(15(13)18)9-12(5)6/h10-12H,7-9H2,1-6H3. The van der Waals surface area contributed by atoms with Gasteiger partial charge in [0.25, 0.3) is 11.8 Å². The van der Waals surface area contributed by atoms with Crippen molar-refractivity contribution in [2.45, 2.75) is 54.4 Å². The second-order valence-corrected chi connectivity index (χ2v) is 6.77. The van der Waals surface area contributed by atoms with Gasteiger partial charge in [0, 0.05) is 17.7 Å². The molecule has 1 aliphatic rings. The van der Waals surface area contributed by atoms with Crippen LogP contribution in [0.25, 0.3) is 0 Å². The highest BCUT2D eigenvalue weighted by atomic mass is 16.2. The van der Waals surface area contributed by atoms with Crippen molar-refractivity contribution in [3.05, 3.63) is 11.1 Å². The predicted molar refractivity (Wildman–Crippen MR) is 77.5 cm³/mol. The summed E-state index contributed by atoms with van der Waals surface area (Å²) in [5.74, 6) is 0.999. The van der Waals surface area contributed by atoms with Crippen LogP contribution in [0.5, 0.6) is 0 Å². The molecule has 0 aromatic carbocycles. The molecular weight excluding hydrogens is 238 g/mol. The Morgan fingerprint density at radius 3 is 1.37 bits per heavy atom. The molecule has 0 saturated carbocycles. The van der Waals surface area contributed by atoms with Crippen LogP contribution >= 0.6 is 0 Å². The van der Waals surface area contributed by atoms with Gasteiger partial charge in [-0.15, -0.1) is 0 Å². The SMILES string of the molecule is CC(C)CC1=C(CC(C)C)C(=O)N(CC(C)C)C1=O. The minimum atomic E-state index is -0.0527. The Labute approximate surface area is 117 Å². The number of carbonyl (C=O) groups is 2. The first kappa shape index (κ1) is 15.9. The van der Waals surface area contributed by atoms with Crippen LogP contribution in [0.4, 0.5) is 0 Å². The minimum Gasteiger partial charge on any atom is -0.275 e. The lowest BCUT2D eigenvalue weighted by molar-refractivity contribution is -0.138. The molecular formula is C16H27NO2. The van der Waals surface area contributed by atoms with E-state index in [0.717, 1.165) is 11.1 Å². The largest absolute Gasteiger partial charge is 0.275 e. The van der Waals surface area contributed by atoms with Gasteiger partial charge in [-0.05, 0) is 30.6 Å². The van der Waals surface area contributed by atoms with E-state index in [0.29, 0.717) is 37.1 Å². The summed E-state index contributed by atoms with van der Waals surface area (Å²) in [6, 6.07) is 0. The van der Waals surface area contributed by atoms with Gasteiger partial charge in [0.1, 0.15) is 0 Å². The summed E-state index contributed by atoms with van der Waals surface area (Å²) in [6.07, 6.45) is 1.42. The normalized spacial score (nSPS) is 16.8. The fraction of sp³-hybridized carbons (Fsp3) is 0.750. The summed E-state index contributed by atoms with van der Waals surface area (Å²) in [6.45, 7) is 12.9. The van der Waals surface area contributed by atoms with Crippen LogP contribution in [0, 0.1) is 17.8 Å². The van der Waals surface area contributed by atoms with E-state index in [2.05, 4.69) is 27.7 Å². The molecule has 1 aliphatic heterocycles. The van der Waals surface area contributed by atoms with E-state index in [1.807, 2.05) is 13.8 Å². The molecule has 19 heavy (non-hydrogen) atoms. The fourth-order valence-corrected chi connectivity index (χ4v) is 2.44. The smallest absolute Gasteiger partial charge is 0.257 e. The summed E-state index contributed by atoms with van der Waals surface area (Å²) in [7, 11) is 0. The van der Waals surface area contributed by atoms with E-state index in [-0.39, 0.29) is 11.8 Å². The molecule has 1 heterocycles. The quantitative estimate of drug-likeness (QED) is 0.690. The monoisotopic (exact) mass is 265 g/mol.